The summed E-state index contributed by atoms with van der Waals surface area (Å²) in [7, 11) is 3.33. The summed E-state index contributed by atoms with van der Waals surface area (Å²) in [6.45, 7) is 4.50. The number of benzene rings is 2. The molecule has 0 aliphatic heterocycles. The number of hydrogen-bond donors (Lipinski definition) is 3. The molecule has 0 aromatic heterocycles. The van der Waals surface area contributed by atoms with Gasteiger partial charge in [0, 0.05) is 37.8 Å². The van der Waals surface area contributed by atoms with Crippen LogP contribution in [-0.4, -0.2) is 45.7 Å². The summed E-state index contributed by atoms with van der Waals surface area (Å²) in [5.41, 5.74) is 2.88. The summed E-state index contributed by atoms with van der Waals surface area (Å²) in [4.78, 5) is 16.5. The fraction of sp³-hybridized carbons (Fsp3) is 0.417. The molecule has 2 aromatic carbocycles. The summed E-state index contributed by atoms with van der Waals surface area (Å²) in [5, 5.41) is 9.43. The van der Waals surface area contributed by atoms with Crippen molar-refractivity contribution in [2.45, 2.75) is 26.3 Å². The average molecular weight is 425 g/mol. The van der Waals surface area contributed by atoms with Crippen LogP contribution in [0.15, 0.2) is 47.5 Å². The van der Waals surface area contributed by atoms with E-state index in [0.717, 1.165) is 23.7 Å². The van der Waals surface area contributed by atoms with Gasteiger partial charge in [-0.15, -0.1) is 0 Å². The lowest BCUT2D eigenvalue weighted by Gasteiger charge is -2.15. The van der Waals surface area contributed by atoms with Crippen LogP contribution < -0.4 is 25.4 Å². The summed E-state index contributed by atoms with van der Waals surface area (Å²) >= 11 is 0. The highest BCUT2D eigenvalue weighted by atomic mass is 16.5. The van der Waals surface area contributed by atoms with E-state index in [-0.39, 0.29) is 5.91 Å². The van der Waals surface area contributed by atoms with Gasteiger partial charge >= 0.3 is 0 Å². The van der Waals surface area contributed by atoms with Crippen LogP contribution in [0.25, 0.3) is 0 Å². The Hall–Kier alpha value is -3.22. The van der Waals surface area contributed by atoms with Crippen LogP contribution in [0.1, 0.15) is 34.3 Å². The Morgan fingerprint density at radius 3 is 2.48 bits per heavy atom. The third-order valence-electron chi connectivity index (χ3n) is 5.12. The summed E-state index contributed by atoms with van der Waals surface area (Å²) in [6.07, 6.45) is 2.54. The molecule has 0 atom stereocenters. The highest BCUT2D eigenvalue weighted by Gasteiger charge is 2.22. The Morgan fingerprint density at radius 2 is 1.81 bits per heavy atom. The summed E-state index contributed by atoms with van der Waals surface area (Å²) < 4.78 is 11.1. The third-order valence-corrected chi connectivity index (χ3v) is 5.12. The van der Waals surface area contributed by atoms with Crippen LogP contribution in [0.2, 0.25) is 0 Å². The lowest BCUT2D eigenvalue weighted by Crippen LogP contribution is -2.41. The first-order valence-electron chi connectivity index (χ1n) is 10.7. The van der Waals surface area contributed by atoms with Crippen molar-refractivity contribution in [3.05, 3.63) is 59.2 Å². The number of amides is 1. The molecule has 0 heterocycles. The average Bonchev–Trinajstić information content (AvgIpc) is 3.62. The van der Waals surface area contributed by atoms with Crippen molar-refractivity contribution in [2.75, 3.05) is 33.9 Å². The largest absolute Gasteiger partial charge is 0.497 e. The number of nitrogens with one attached hydrogen (secondary N) is 3. The maximum absolute atomic E-state index is 12.2. The second-order valence-electron chi connectivity index (χ2n) is 7.70. The van der Waals surface area contributed by atoms with Gasteiger partial charge in [-0.05, 0) is 61.6 Å². The molecule has 0 bridgehead atoms. The molecule has 3 rings (SSSR count). The molecular formula is C24H32N4O3. The van der Waals surface area contributed by atoms with E-state index in [4.69, 9.17) is 9.47 Å². The normalized spacial score (nSPS) is 13.5. The molecule has 0 spiro atoms. The fourth-order valence-corrected chi connectivity index (χ4v) is 3.04. The Morgan fingerprint density at radius 1 is 1.06 bits per heavy atom. The van der Waals surface area contributed by atoms with Gasteiger partial charge in [0.05, 0.1) is 13.7 Å². The molecule has 1 aliphatic rings. The standard InChI is InChI=1S/C24H32N4O3/c1-17-4-7-20(22(14-17)31-16-18-5-6-18)15-28-24(25-2)27-13-12-26-23(29)19-8-10-21(30-3)11-9-19/h4,7-11,14,18H,5-6,12-13,15-16H2,1-3H3,(H,26,29)(H2,25,27,28). The van der Waals surface area contributed by atoms with Gasteiger partial charge in [-0.3, -0.25) is 9.79 Å². The number of nitrogens with zero attached hydrogens (tertiary/aromatic N) is 1. The zero-order chi connectivity index (χ0) is 22.1. The summed E-state index contributed by atoms with van der Waals surface area (Å²) in [5.74, 6) is 2.92. The van der Waals surface area contributed by atoms with Crippen molar-refractivity contribution in [3.63, 3.8) is 0 Å². The number of methoxy groups -OCH3 is 1. The molecule has 1 amide bonds. The number of carbonyl (C=O) groups is 1. The maximum Gasteiger partial charge on any atom is 0.251 e. The maximum atomic E-state index is 12.2. The molecule has 2 aromatic rings. The third kappa shape index (κ3) is 7.20. The summed E-state index contributed by atoms with van der Waals surface area (Å²) in [6, 6.07) is 13.3. The second kappa shape index (κ2) is 11.2. The van der Waals surface area contributed by atoms with Crippen LogP contribution in [0, 0.1) is 12.8 Å². The van der Waals surface area contributed by atoms with E-state index < -0.39 is 0 Å². The number of rotatable bonds is 10. The predicted octanol–water partition coefficient (Wildman–Crippen LogP) is 2.89. The van der Waals surface area contributed by atoms with Crippen LogP contribution in [0.3, 0.4) is 0 Å². The zero-order valence-corrected chi connectivity index (χ0v) is 18.5. The van der Waals surface area contributed by atoms with Crippen LogP contribution in [-0.2, 0) is 6.54 Å². The van der Waals surface area contributed by atoms with E-state index in [9.17, 15) is 4.79 Å². The van der Waals surface area contributed by atoms with Gasteiger partial charge in [0.2, 0.25) is 0 Å². The van der Waals surface area contributed by atoms with Crippen molar-refractivity contribution in [3.8, 4) is 11.5 Å². The molecule has 7 nitrogen and oxygen atoms in total. The quantitative estimate of drug-likeness (QED) is 0.310. The van der Waals surface area contributed by atoms with E-state index in [1.807, 2.05) is 0 Å². The molecule has 31 heavy (non-hydrogen) atoms. The molecule has 0 saturated heterocycles. The smallest absolute Gasteiger partial charge is 0.251 e. The van der Waals surface area contributed by atoms with E-state index in [0.29, 0.717) is 37.1 Å². The van der Waals surface area contributed by atoms with E-state index in [1.54, 1.807) is 38.4 Å². The van der Waals surface area contributed by atoms with Crippen molar-refractivity contribution >= 4 is 11.9 Å². The van der Waals surface area contributed by atoms with Gasteiger partial charge in [-0.1, -0.05) is 12.1 Å². The highest BCUT2D eigenvalue weighted by molar-refractivity contribution is 5.94. The van der Waals surface area contributed by atoms with E-state index >= 15 is 0 Å². The molecular weight excluding hydrogens is 392 g/mol. The number of aryl methyl sites for hydroxylation is 1. The van der Waals surface area contributed by atoms with Gasteiger partial charge in [-0.25, -0.2) is 0 Å². The molecule has 0 unspecified atom stereocenters. The van der Waals surface area contributed by atoms with Crippen molar-refractivity contribution in [1.82, 2.24) is 16.0 Å². The van der Waals surface area contributed by atoms with Crippen molar-refractivity contribution in [2.24, 2.45) is 10.9 Å². The second-order valence-corrected chi connectivity index (χ2v) is 7.70. The van der Waals surface area contributed by atoms with Gasteiger partial charge < -0.3 is 25.4 Å². The molecule has 1 aliphatic carbocycles. The zero-order valence-electron chi connectivity index (χ0n) is 18.5. The Balaban J connectivity index is 1.41. The van der Waals surface area contributed by atoms with Crippen LogP contribution in [0.4, 0.5) is 0 Å². The Kier molecular flexibility index (Phi) is 8.15. The predicted molar refractivity (Wildman–Crippen MR) is 123 cm³/mol. The molecule has 1 fully saturated rings. The number of ether oxygens (including phenoxy) is 2. The number of carbonyl (C=O) groups excluding carboxylic acids is 1. The van der Waals surface area contributed by atoms with Crippen LogP contribution in [0.5, 0.6) is 11.5 Å². The Labute approximate surface area is 184 Å². The number of guanidine groups is 1. The monoisotopic (exact) mass is 424 g/mol. The highest BCUT2D eigenvalue weighted by Crippen LogP contribution is 2.30. The van der Waals surface area contributed by atoms with Gasteiger partial charge in [0.15, 0.2) is 5.96 Å². The number of aliphatic imine (C=N–C) groups is 1. The van der Waals surface area contributed by atoms with E-state index in [1.165, 1.54) is 18.4 Å². The topological polar surface area (TPSA) is 84.0 Å². The fourth-order valence-electron chi connectivity index (χ4n) is 3.04. The first kappa shape index (κ1) is 22.5. The minimum Gasteiger partial charge on any atom is -0.497 e. The van der Waals surface area contributed by atoms with Gasteiger partial charge in [0.25, 0.3) is 5.91 Å². The van der Waals surface area contributed by atoms with Crippen molar-refractivity contribution < 1.29 is 14.3 Å². The molecule has 0 radical (unpaired) electrons. The van der Waals surface area contributed by atoms with Crippen molar-refractivity contribution in [1.29, 1.82) is 0 Å². The lowest BCUT2D eigenvalue weighted by atomic mass is 10.1. The molecule has 3 N–H and O–H groups in total. The Bertz CT molecular complexity index is 892. The minimum absolute atomic E-state index is 0.121. The molecule has 7 heteroatoms. The lowest BCUT2D eigenvalue weighted by molar-refractivity contribution is 0.0954. The van der Waals surface area contributed by atoms with E-state index in [2.05, 4.69) is 46.1 Å². The number of hydrogen-bond acceptors (Lipinski definition) is 4. The first-order valence-corrected chi connectivity index (χ1v) is 10.7. The van der Waals surface area contributed by atoms with Crippen LogP contribution >= 0.6 is 0 Å². The first-order chi connectivity index (χ1) is 15.1. The van der Waals surface area contributed by atoms with Gasteiger partial charge in [-0.2, -0.15) is 0 Å². The minimum atomic E-state index is -0.121. The SMILES string of the molecule is CN=C(NCCNC(=O)c1ccc(OC)cc1)NCc1ccc(C)cc1OCC1CC1. The van der Waals surface area contributed by atoms with Gasteiger partial charge in [0.1, 0.15) is 11.5 Å². The molecule has 1 saturated carbocycles. The molecule has 166 valence electrons.